The van der Waals surface area contributed by atoms with Gasteiger partial charge in [-0.1, -0.05) is 65.8 Å². The van der Waals surface area contributed by atoms with Crippen LogP contribution >= 0.6 is 0 Å². The summed E-state index contributed by atoms with van der Waals surface area (Å²) in [5.41, 5.74) is 2.67. The van der Waals surface area contributed by atoms with Crippen LogP contribution in [0.15, 0.2) is 84.1 Å². The van der Waals surface area contributed by atoms with Gasteiger partial charge in [0.05, 0.1) is 12.2 Å². The fraction of sp³-hybridized carbons (Fsp3) is 0.414. The monoisotopic (exact) mass is 495 g/mol. The first kappa shape index (κ1) is 28.9. The van der Waals surface area contributed by atoms with Crippen molar-refractivity contribution >= 4 is 17.7 Å². The Morgan fingerprint density at radius 2 is 1.94 bits per heavy atom. The lowest BCUT2D eigenvalue weighted by atomic mass is 9.95. The Morgan fingerprint density at radius 3 is 2.69 bits per heavy atom. The average molecular weight is 496 g/mol. The zero-order valence-corrected chi connectivity index (χ0v) is 21.3. The van der Waals surface area contributed by atoms with Gasteiger partial charge in [0, 0.05) is 25.0 Å². The van der Waals surface area contributed by atoms with E-state index in [-0.39, 0.29) is 30.8 Å². The van der Waals surface area contributed by atoms with Crippen molar-refractivity contribution in [3.8, 4) is 0 Å². The van der Waals surface area contributed by atoms with Crippen LogP contribution in [-0.4, -0.2) is 47.3 Å². The van der Waals surface area contributed by atoms with E-state index in [1.54, 1.807) is 37.3 Å². The fourth-order valence-corrected chi connectivity index (χ4v) is 3.96. The molecule has 36 heavy (non-hydrogen) atoms. The van der Waals surface area contributed by atoms with Crippen LogP contribution in [0.4, 0.5) is 0 Å². The summed E-state index contributed by atoms with van der Waals surface area (Å²) < 4.78 is 11.7. The van der Waals surface area contributed by atoms with Gasteiger partial charge >= 0.3 is 5.97 Å². The first-order valence-corrected chi connectivity index (χ1v) is 12.2. The number of carbonyl (C=O) groups is 3. The predicted molar refractivity (Wildman–Crippen MR) is 140 cm³/mol. The third-order valence-electron chi connectivity index (χ3n) is 5.60. The molecule has 0 aromatic carbocycles. The van der Waals surface area contributed by atoms with Gasteiger partial charge < -0.3 is 19.9 Å². The molecule has 0 radical (unpaired) electrons. The van der Waals surface area contributed by atoms with Gasteiger partial charge in [-0.3, -0.25) is 9.59 Å². The molecular weight excluding hydrogens is 458 g/mol. The van der Waals surface area contributed by atoms with Crippen molar-refractivity contribution in [1.29, 1.82) is 0 Å². The molecule has 194 valence electrons. The molecule has 4 atom stereocenters. The van der Waals surface area contributed by atoms with E-state index in [1.165, 1.54) is 18.2 Å². The van der Waals surface area contributed by atoms with Crippen LogP contribution < -0.4 is 5.32 Å². The molecule has 7 heteroatoms. The van der Waals surface area contributed by atoms with Gasteiger partial charge in [0.15, 0.2) is 18.1 Å². The maximum absolute atomic E-state index is 12.5. The summed E-state index contributed by atoms with van der Waals surface area (Å²) in [4.78, 5) is 36.8. The van der Waals surface area contributed by atoms with Gasteiger partial charge in [-0.15, -0.1) is 0 Å². The molecule has 2 aliphatic rings. The Kier molecular flexibility index (Phi) is 12.0. The number of aliphatic hydroxyl groups is 1. The SMILES string of the molecule is C=C1C[C@@H]2C/C=C\C(=O)C/C(C)=C\C=C/C(=O)O[C@H]([C@H](O)NC(=O)/C=C\C=C\C)C/C(C)=C\[C@H](C1)O2. The highest BCUT2D eigenvalue weighted by atomic mass is 16.6. The standard InChI is InChI=1S/C29H37NO6/c1-5-6-7-13-27(32)30-29(34)26-19-22(4)18-25-17-21(3)16-24(35-25)12-9-11-23(31)15-20(2)10-8-14-28(33)36-26/h5-11,13-14,18,24-26,29,34H,3,12,15-17,19H2,1-2,4H3,(H,30,32)/b6-5+,11-9-,13-7-,14-8-,20-10-,22-18-/t24-,25-,26-,29-/m0/s1. The van der Waals surface area contributed by atoms with Crippen molar-refractivity contribution in [2.75, 3.05) is 0 Å². The zero-order chi connectivity index (χ0) is 26.5. The first-order chi connectivity index (χ1) is 17.2. The maximum atomic E-state index is 12.5. The molecule has 0 spiro atoms. The molecule has 1 amide bonds. The molecule has 2 N–H and O–H groups in total. The Bertz CT molecular complexity index is 997. The van der Waals surface area contributed by atoms with Crippen molar-refractivity contribution in [2.45, 2.75) is 77.4 Å². The van der Waals surface area contributed by atoms with Gasteiger partial charge in [0.25, 0.3) is 0 Å². The number of hydrogen-bond acceptors (Lipinski definition) is 6. The first-order valence-electron chi connectivity index (χ1n) is 12.2. The van der Waals surface area contributed by atoms with Crippen molar-refractivity contribution in [1.82, 2.24) is 5.32 Å². The third kappa shape index (κ3) is 11.0. The van der Waals surface area contributed by atoms with Crippen LogP contribution in [0, 0.1) is 0 Å². The summed E-state index contributed by atoms with van der Waals surface area (Å²) >= 11 is 0. The van der Waals surface area contributed by atoms with Crippen LogP contribution in [0.1, 0.15) is 52.9 Å². The van der Waals surface area contributed by atoms with E-state index >= 15 is 0 Å². The summed E-state index contributed by atoms with van der Waals surface area (Å²) in [6.45, 7) is 9.61. The van der Waals surface area contributed by atoms with Gasteiger partial charge in [0.2, 0.25) is 5.91 Å². The van der Waals surface area contributed by atoms with Gasteiger partial charge in [-0.25, -0.2) is 4.79 Å². The Labute approximate surface area is 213 Å². The van der Waals surface area contributed by atoms with Crippen molar-refractivity contribution in [3.05, 3.63) is 84.1 Å². The van der Waals surface area contributed by atoms with E-state index in [2.05, 4.69) is 11.9 Å². The minimum absolute atomic E-state index is 0.0369. The molecule has 1 fully saturated rings. The second kappa shape index (κ2) is 15.0. The summed E-state index contributed by atoms with van der Waals surface area (Å²) in [6, 6.07) is 0. The smallest absolute Gasteiger partial charge is 0.331 e. The van der Waals surface area contributed by atoms with E-state index in [0.29, 0.717) is 12.8 Å². The van der Waals surface area contributed by atoms with Crippen LogP contribution in [0.25, 0.3) is 0 Å². The van der Waals surface area contributed by atoms with Gasteiger partial charge in [-0.05, 0) is 46.1 Å². The number of rotatable bonds is 4. The second-order valence-electron chi connectivity index (χ2n) is 9.14. The van der Waals surface area contributed by atoms with Gasteiger partial charge in [-0.2, -0.15) is 0 Å². The lowest BCUT2D eigenvalue weighted by Gasteiger charge is -2.30. The fourth-order valence-electron chi connectivity index (χ4n) is 3.96. The number of aliphatic hydroxyl groups excluding tert-OH is 1. The van der Waals surface area contributed by atoms with Crippen molar-refractivity contribution in [2.24, 2.45) is 0 Å². The molecule has 7 nitrogen and oxygen atoms in total. The molecule has 2 rings (SSSR count). The minimum atomic E-state index is -1.42. The maximum Gasteiger partial charge on any atom is 0.331 e. The largest absolute Gasteiger partial charge is 0.454 e. The highest BCUT2D eigenvalue weighted by Crippen LogP contribution is 2.27. The molecule has 0 aromatic rings. The van der Waals surface area contributed by atoms with Crippen LogP contribution in [0.3, 0.4) is 0 Å². The highest BCUT2D eigenvalue weighted by molar-refractivity contribution is 5.91. The van der Waals surface area contributed by atoms with Crippen molar-refractivity contribution in [3.63, 3.8) is 0 Å². The van der Waals surface area contributed by atoms with Crippen LogP contribution in [0.5, 0.6) is 0 Å². The topological polar surface area (TPSA) is 102 Å². The second-order valence-corrected chi connectivity index (χ2v) is 9.14. The summed E-state index contributed by atoms with van der Waals surface area (Å²) in [6.07, 6.45) is 15.6. The zero-order valence-electron chi connectivity index (χ0n) is 21.3. The van der Waals surface area contributed by atoms with Gasteiger partial charge in [0.1, 0.15) is 0 Å². The molecule has 2 bridgehead atoms. The number of nitrogens with one attached hydrogen (secondary N) is 1. The molecule has 2 heterocycles. The summed E-state index contributed by atoms with van der Waals surface area (Å²) in [5.74, 6) is -1.23. The highest BCUT2D eigenvalue weighted by Gasteiger charge is 2.26. The Hall–Kier alpha value is -3.29. The van der Waals surface area contributed by atoms with E-state index in [0.717, 1.165) is 23.1 Å². The molecule has 1 saturated heterocycles. The van der Waals surface area contributed by atoms with E-state index in [1.807, 2.05) is 26.0 Å². The lowest BCUT2D eigenvalue weighted by molar-refractivity contribution is -0.151. The molecule has 2 aliphatic heterocycles. The van der Waals surface area contributed by atoms with Crippen molar-refractivity contribution < 1.29 is 29.0 Å². The van der Waals surface area contributed by atoms with Crippen LogP contribution in [-0.2, 0) is 23.9 Å². The van der Waals surface area contributed by atoms with E-state index < -0.39 is 24.2 Å². The molecule has 0 aromatic heterocycles. The number of allylic oxidation sites excluding steroid dienone is 7. The Balaban J connectivity index is 2.28. The van der Waals surface area contributed by atoms with E-state index in [9.17, 15) is 19.5 Å². The summed E-state index contributed by atoms with van der Waals surface area (Å²) in [7, 11) is 0. The third-order valence-corrected chi connectivity index (χ3v) is 5.60. The predicted octanol–water partition coefficient (Wildman–Crippen LogP) is 4.33. The number of ketones is 1. The molecule has 0 unspecified atom stereocenters. The van der Waals surface area contributed by atoms with Crippen LogP contribution in [0.2, 0.25) is 0 Å². The number of carbonyl (C=O) groups excluding carboxylic acids is 3. The molecular formula is C29H37NO6. The molecule has 0 aliphatic carbocycles. The average Bonchev–Trinajstić information content (AvgIpc) is 2.77. The number of ether oxygens (including phenoxy) is 2. The molecule has 0 saturated carbocycles. The normalized spacial score (nSPS) is 30.3. The van der Waals surface area contributed by atoms with E-state index in [4.69, 9.17) is 9.47 Å². The number of fused-ring (bicyclic) bond motifs is 2. The number of amides is 1. The quantitative estimate of drug-likeness (QED) is 0.198. The Morgan fingerprint density at radius 1 is 1.17 bits per heavy atom. The number of esters is 1. The lowest BCUT2D eigenvalue weighted by Crippen LogP contribution is -2.44. The number of cyclic esters (lactones) is 1. The minimum Gasteiger partial charge on any atom is -0.454 e. The summed E-state index contributed by atoms with van der Waals surface area (Å²) in [5, 5.41) is 13.1. The number of hydrogen-bond donors (Lipinski definition) is 2.